The summed E-state index contributed by atoms with van der Waals surface area (Å²) < 4.78 is 0. The van der Waals surface area contributed by atoms with Crippen molar-refractivity contribution in [1.82, 2.24) is 14.8 Å². The number of likely N-dealkylation sites (N-methyl/N-ethyl adjacent to an activating group) is 1. The minimum atomic E-state index is -1.09. The Labute approximate surface area is 123 Å². The molecule has 1 atom stereocenters. The van der Waals surface area contributed by atoms with Crippen molar-refractivity contribution in [2.45, 2.75) is 19.9 Å². The summed E-state index contributed by atoms with van der Waals surface area (Å²) in [6, 6.07) is 3.07. The van der Waals surface area contributed by atoms with Gasteiger partial charge in [-0.2, -0.15) is 0 Å². The van der Waals surface area contributed by atoms with Crippen LogP contribution in [0.25, 0.3) is 0 Å². The van der Waals surface area contributed by atoms with Crippen LogP contribution in [-0.4, -0.2) is 64.1 Å². The molecule has 2 rings (SSSR count). The van der Waals surface area contributed by atoms with Crippen molar-refractivity contribution in [3.8, 4) is 0 Å². The number of amides is 2. The average Bonchev–Trinajstić information content (AvgIpc) is 2.47. The molecular formula is C14H20N4O3. The van der Waals surface area contributed by atoms with Crippen LogP contribution >= 0.6 is 0 Å². The third-order valence-corrected chi connectivity index (χ3v) is 3.69. The number of carboxylic acids is 1. The molecule has 114 valence electrons. The molecule has 1 aromatic heterocycles. The molecule has 0 saturated carbocycles. The van der Waals surface area contributed by atoms with Gasteiger partial charge < -0.3 is 15.3 Å². The molecule has 0 aliphatic carbocycles. The lowest BCUT2D eigenvalue weighted by atomic mass is 10.2. The van der Waals surface area contributed by atoms with Gasteiger partial charge in [-0.05, 0) is 25.6 Å². The Kier molecular flexibility index (Phi) is 4.74. The molecule has 0 spiro atoms. The van der Waals surface area contributed by atoms with Crippen LogP contribution in [0.3, 0.4) is 0 Å². The van der Waals surface area contributed by atoms with Gasteiger partial charge in [-0.15, -0.1) is 0 Å². The van der Waals surface area contributed by atoms with E-state index in [9.17, 15) is 9.59 Å². The van der Waals surface area contributed by atoms with E-state index in [1.807, 2.05) is 0 Å². The van der Waals surface area contributed by atoms with Crippen LogP contribution in [0.1, 0.15) is 24.3 Å². The number of aromatic carboxylic acids is 1. The predicted molar refractivity (Wildman–Crippen MR) is 78.5 cm³/mol. The number of urea groups is 1. The largest absolute Gasteiger partial charge is 0.477 e. The van der Waals surface area contributed by atoms with E-state index in [1.165, 1.54) is 12.3 Å². The fourth-order valence-electron chi connectivity index (χ4n) is 2.45. The maximum absolute atomic E-state index is 12.2. The molecule has 1 unspecified atom stereocenters. The zero-order valence-electron chi connectivity index (χ0n) is 12.2. The van der Waals surface area contributed by atoms with Gasteiger partial charge in [-0.1, -0.05) is 6.92 Å². The predicted octanol–water partition coefficient (Wildman–Crippen LogP) is 1.34. The first-order chi connectivity index (χ1) is 10.0. The molecule has 2 N–H and O–H groups in total. The molecule has 2 heterocycles. The normalized spacial score (nSPS) is 19.3. The van der Waals surface area contributed by atoms with Gasteiger partial charge in [0.15, 0.2) is 0 Å². The molecule has 2 amide bonds. The van der Waals surface area contributed by atoms with Crippen molar-refractivity contribution in [3.63, 3.8) is 0 Å². The third kappa shape index (κ3) is 3.69. The Morgan fingerprint density at radius 1 is 1.43 bits per heavy atom. The summed E-state index contributed by atoms with van der Waals surface area (Å²) in [6.45, 7) is 7.43. The minimum absolute atomic E-state index is 0.0434. The summed E-state index contributed by atoms with van der Waals surface area (Å²) in [5.41, 5.74) is 0.453. The smallest absolute Gasteiger partial charge is 0.354 e. The molecule has 0 radical (unpaired) electrons. The van der Waals surface area contributed by atoms with Crippen LogP contribution in [0.5, 0.6) is 0 Å². The Morgan fingerprint density at radius 2 is 2.19 bits per heavy atom. The number of carbonyl (C=O) groups excluding carboxylic acids is 1. The van der Waals surface area contributed by atoms with Gasteiger partial charge >= 0.3 is 12.0 Å². The molecule has 21 heavy (non-hydrogen) atoms. The van der Waals surface area contributed by atoms with Crippen LogP contribution < -0.4 is 5.32 Å². The number of nitrogens with one attached hydrogen (secondary N) is 1. The Hall–Kier alpha value is -2.15. The molecule has 1 aromatic rings. The lowest BCUT2D eigenvalue weighted by Crippen LogP contribution is -2.54. The van der Waals surface area contributed by atoms with E-state index in [2.05, 4.69) is 29.0 Å². The van der Waals surface area contributed by atoms with Crippen LogP contribution in [0.2, 0.25) is 0 Å². The molecule has 1 fully saturated rings. The van der Waals surface area contributed by atoms with E-state index in [1.54, 1.807) is 11.0 Å². The Bertz CT molecular complexity index is 517. The maximum atomic E-state index is 12.2. The van der Waals surface area contributed by atoms with E-state index in [0.29, 0.717) is 24.8 Å². The zero-order valence-corrected chi connectivity index (χ0v) is 12.2. The summed E-state index contributed by atoms with van der Waals surface area (Å²) in [7, 11) is 0. The Balaban J connectivity index is 1.94. The first-order valence-corrected chi connectivity index (χ1v) is 7.00. The van der Waals surface area contributed by atoms with Crippen molar-refractivity contribution in [1.29, 1.82) is 0 Å². The lowest BCUT2D eigenvalue weighted by molar-refractivity contribution is 0.0690. The standard InChI is InChI=1S/C14H20N4O3/c1-3-17-6-7-18(9-10(17)2)14(21)16-11-4-5-12(13(19)20)15-8-11/h4-5,8,10H,3,6-7,9H2,1-2H3,(H,16,21)(H,19,20). The number of hydrogen-bond acceptors (Lipinski definition) is 4. The van der Waals surface area contributed by atoms with Gasteiger partial charge in [-0.3, -0.25) is 4.90 Å². The van der Waals surface area contributed by atoms with Crippen molar-refractivity contribution in [2.24, 2.45) is 0 Å². The summed E-state index contributed by atoms with van der Waals surface area (Å²) >= 11 is 0. The molecule has 1 aliphatic rings. The molecule has 0 aromatic carbocycles. The van der Waals surface area contributed by atoms with E-state index in [-0.39, 0.29) is 11.7 Å². The number of carbonyl (C=O) groups is 2. The Morgan fingerprint density at radius 3 is 2.71 bits per heavy atom. The SMILES string of the molecule is CCN1CCN(C(=O)Nc2ccc(C(=O)O)nc2)CC1C. The fraction of sp³-hybridized carbons (Fsp3) is 0.500. The molecule has 1 saturated heterocycles. The van der Waals surface area contributed by atoms with Gasteiger partial charge in [-0.25, -0.2) is 14.6 Å². The van der Waals surface area contributed by atoms with Crippen LogP contribution in [0, 0.1) is 0 Å². The highest BCUT2D eigenvalue weighted by molar-refractivity contribution is 5.90. The zero-order chi connectivity index (χ0) is 15.4. The highest BCUT2D eigenvalue weighted by atomic mass is 16.4. The first kappa shape index (κ1) is 15.2. The lowest BCUT2D eigenvalue weighted by Gasteiger charge is -2.39. The monoisotopic (exact) mass is 292 g/mol. The van der Waals surface area contributed by atoms with Gasteiger partial charge in [0.1, 0.15) is 5.69 Å². The molecule has 1 aliphatic heterocycles. The van der Waals surface area contributed by atoms with Gasteiger partial charge in [0, 0.05) is 25.7 Å². The molecule has 7 nitrogen and oxygen atoms in total. The number of nitrogens with zero attached hydrogens (tertiary/aromatic N) is 3. The fourth-order valence-corrected chi connectivity index (χ4v) is 2.45. The second-order valence-corrected chi connectivity index (χ2v) is 5.09. The maximum Gasteiger partial charge on any atom is 0.354 e. The van der Waals surface area contributed by atoms with Gasteiger partial charge in [0.05, 0.1) is 11.9 Å². The second-order valence-electron chi connectivity index (χ2n) is 5.09. The number of carboxylic acid groups (broad SMARTS) is 1. The number of pyridine rings is 1. The second kappa shape index (κ2) is 6.53. The highest BCUT2D eigenvalue weighted by Gasteiger charge is 2.25. The van der Waals surface area contributed by atoms with E-state index < -0.39 is 5.97 Å². The van der Waals surface area contributed by atoms with Crippen molar-refractivity contribution in [3.05, 3.63) is 24.0 Å². The summed E-state index contributed by atoms with van der Waals surface area (Å²) in [5, 5.41) is 11.5. The van der Waals surface area contributed by atoms with Crippen LogP contribution in [0.15, 0.2) is 18.3 Å². The summed E-state index contributed by atoms with van der Waals surface area (Å²) in [6.07, 6.45) is 1.35. The quantitative estimate of drug-likeness (QED) is 0.878. The molecule has 0 bridgehead atoms. The van der Waals surface area contributed by atoms with Crippen LogP contribution in [0.4, 0.5) is 10.5 Å². The van der Waals surface area contributed by atoms with Crippen molar-refractivity contribution >= 4 is 17.7 Å². The third-order valence-electron chi connectivity index (χ3n) is 3.69. The topological polar surface area (TPSA) is 85.8 Å². The number of aromatic nitrogens is 1. The number of anilines is 1. The number of rotatable bonds is 3. The number of piperazine rings is 1. The van der Waals surface area contributed by atoms with Gasteiger partial charge in [0.2, 0.25) is 0 Å². The summed E-state index contributed by atoms with van der Waals surface area (Å²) in [5.74, 6) is -1.09. The molecule has 7 heteroatoms. The van der Waals surface area contributed by atoms with E-state index >= 15 is 0 Å². The average molecular weight is 292 g/mol. The van der Waals surface area contributed by atoms with Crippen molar-refractivity contribution in [2.75, 3.05) is 31.5 Å². The number of hydrogen-bond donors (Lipinski definition) is 2. The first-order valence-electron chi connectivity index (χ1n) is 7.00. The minimum Gasteiger partial charge on any atom is -0.477 e. The summed E-state index contributed by atoms with van der Waals surface area (Å²) in [4.78, 5) is 30.8. The van der Waals surface area contributed by atoms with Crippen LogP contribution in [-0.2, 0) is 0 Å². The van der Waals surface area contributed by atoms with E-state index in [0.717, 1.165) is 13.1 Å². The van der Waals surface area contributed by atoms with Crippen molar-refractivity contribution < 1.29 is 14.7 Å². The highest BCUT2D eigenvalue weighted by Crippen LogP contribution is 2.12. The van der Waals surface area contributed by atoms with E-state index in [4.69, 9.17) is 5.11 Å². The molecular weight excluding hydrogens is 272 g/mol. The van der Waals surface area contributed by atoms with Gasteiger partial charge in [0.25, 0.3) is 0 Å².